The standard InChI is InChI=1S/C42H39N7O12/c1-6-21-59-34-28(39(51)47-31-18-15-29(42(54)61-23-8-3)35(37(31)58-5)60-22-7-2)14-17-30(36(34)57-4)46-38(50)25-9-11-26(12-10-25)45-41(53)33(19-20-43)48-40(52)32-16-13-27(24-44-32)49(55)56/h6-18,24,33H,1-3,19,21-23H2,4-5H3,(H,45,53)(H,46,50)(H,47,51)(H,48,52). The van der Waals surface area contributed by atoms with Gasteiger partial charge in [-0.25, -0.2) is 9.78 Å². The van der Waals surface area contributed by atoms with Crippen LogP contribution >= 0.6 is 0 Å². The second kappa shape index (κ2) is 21.8. The first kappa shape index (κ1) is 45.2. The van der Waals surface area contributed by atoms with Gasteiger partial charge in [-0.3, -0.25) is 29.3 Å². The summed E-state index contributed by atoms with van der Waals surface area (Å²) in [4.78, 5) is 79.7. The summed E-state index contributed by atoms with van der Waals surface area (Å²) in [7, 11) is 2.64. The molecule has 0 aliphatic carbocycles. The van der Waals surface area contributed by atoms with Crippen molar-refractivity contribution in [2.24, 2.45) is 0 Å². The number of nitriles is 1. The molecule has 0 spiro atoms. The Labute approximate surface area is 348 Å². The molecule has 1 heterocycles. The molecule has 0 bridgehead atoms. The number of benzene rings is 3. The second-order valence-corrected chi connectivity index (χ2v) is 12.2. The lowest BCUT2D eigenvalue weighted by molar-refractivity contribution is -0.385. The average Bonchev–Trinajstić information content (AvgIpc) is 3.26. The highest BCUT2D eigenvalue weighted by atomic mass is 16.6. The van der Waals surface area contributed by atoms with E-state index in [0.29, 0.717) is 0 Å². The van der Waals surface area contributed by atoms with Gasteiger partial charge in [0.15, 0.2) is 23.0 Å². The predicted molar refractivity (Wildman–Crippen MR) is 221 cm³/mol. The van der Waals surface area contributed by atoms with Gasteiger partial charge in [-0.1, -0.05) is 38.0 Å². The van der Waals surface area contributed by atoms with Crippen LogP contribution in [0.4, 0.5) is 22.7 Å². The number of hydrogen-bond donors (Lipinski definition) is 4. The number of nitrogens with one attached hydrogen (secondary N) is 4. The molecule has 0 radical (unpaired) electrons. The van der Waals surface area contributed by atoms with Gasteiger partial charge in [-0.05, 0) is 54.6 Å². The van der Waals surface area contributed by atoms with Crippen LogP contribution in [0.2, 0.25) is 0 Å². The summed E-state index contributed by atoms with van der Waals surface area (Å²) in [5.41, 5.74) is 0.0808. The monoisotopic (exact) mass is 833 g/mol. The summed E-state index contributed by atoms with van der Waals surface area (Å²) in [6, 6.07) is 14.0. The van der Waals surface area contributed by atoms with E-state index in [0.717, 1.165) is 18.3 Å². The Morgan fingerprint density at radius 1 is 0.754 bits per heavy atom. The molecule has 0 saturated carbocycles. The number of ether oxygens (including phenoxy) is 5. The van der Waals surface area contributed by atoms with Crippen molar-refractivity contribution in [3.05, 3.63) is 137 Å². The van der Waals surface area contributed by atoms with Crippen LogP contribution in [-0.2, 0) is 9.53 Å². The molecule has 3 aromatic carbocycles. The van der Waals surface area contributed by atoms with E-state index >= 15 is 0 Å². The van der Waals surface area contributed by atoms with E-state index < -0.39 is 47.0 Å². The number of pyridine rings is 1. The van der Waals surface area contributed by atoms with Gasteiger partial charge in [-0.15, -0.1) is 0 Å². The van der Waals surface area contributed by atoms with Crippen molar-refractivity contribution >= 4 is 52.3 Å². The zero-order valence-corrected chi connectivity index (χ0v) is 32.9. The molecule has 4 amide bonds. The Kier molecular flexibility index (Phi) is 16.2. The van der Waals surface area contributed by atoms with E-state index in [4.69, 9.17) is 23.7 Å². The molecule has 4 rings (SSSR count). The fourth-order valence-electron chi connectivity index (χ4n) is 5.33. The number of aromatic nitrogens is 1. The number of hydrogen-bond acceptors (Lipinski definition) is 14. The maximum absolute atomic E-state index is 13.8. The van der Waals surface area contributed by atoms with Gasteiger partial charge in [0.2, 0.25) is 5.91 Å². The maximum Gasteiger partial charge on any atom is 0.342 e. The zero-order valence-electron chi connectivity index (χ0n) is 32.9. The van der Waals surface area contributed by atoms with Crippen LogP contribution in [0.25, 0.3) is 0 Å². The third kappa shape index (κ3) is 11.5. The minimum atomic E-state index is -1.32. The third-order valence-electron chi connectivity index (χ3n) is 8.14. The Balaban J connectivity index is 1.53. The van der Waals surface area contributed by atoms with Crippen molar-refractivity contribution in [3.8, 4) is 29.1 Å². The topological polar surface area (TPSA) is 259 Å². The Bertz CT molecular complexity index is 2380. The normalized spacial score (nSPS) is 10.6. The van der Waals surface area contributed by atoms with Crippen LogP contribution in [0, 0.1) is 21.4 Å². The summed E-state index contributed by atoms with van der Waals surface area (Å²) in [6.07, 6.45) is 4.78. The van der Waals surface area contributed by atoms with Crippen molar-refractivity contribution in [1.82, 2.24) is 10.3 Å². The van der Waals surface area contributed by atoms with E-state index in [2.05, 4.69) is 46.0 Å². The molecule has 4 N–H and O–H groups in total. The number of amides is 4. The van der Waals surface area contributed by atoms with Crippen molar-refractivity contribution in [3.63, 3.8) is 0 Å². The molecule has 0 aliphatic heterocycles. The molecule has 0 fully saturated rings. The number of anilines is 3. The fourth-order valence-corrected chi connectivity index (χ4v) is 5.33. The second-order valence-electron chi connectivity index (χ2n) is 12.2. The molecule has 19 heteroatoms. The summed E-state index contributed by atoms with van der Waals surface area (Å²) in [5, 5.41) is 30.6. The highest BCUT2D eigenvalue weighted by molar-refractivity contribution is 6.10. The van der Waals surface area contributed by atoms with Crippen molar-refractivity contribution in [2.75, 3.05) is 50.0 Å². The number of carbonyl (C=O) groups is 5. The van der Waals surface area contributed by atoms with Gasteiger partial charge < -0.3 is 45.0 Å². The van der Waals surface area contributed by atoms with E-state index in [1.807, 2.05) is 6.07 Å². The quantitative estimate of drug-likeness (QED) is 0.0343. The summed E-state index contributed by atoms with van der Waals surface area (Å²) in [5.74, 6) is -3.66. The largest absolute Gasteiger partial charge is 0.491 e. The van der Waals surface area contributed by atoms with E-state index in [9.17, 15) is 39.3 Å². The van der Waals surface area contributed by atoms with Gasteiger partial charge in [-0.2, -0.15) is 5.26 Å². The molecular weight excluding hydrogens is 794 g/mol. The molecule has 1 atom stereocenters. The van der Waals surface area contributed by atoms with Gasteiger partial charge in [0.25, 0.3) is 23.4 Å². The number of esters is 1. The molecule has 61 heavy (non-hydrogen) atoms. The van der Waals surface area contributed by atoms with E-state index in [-0.39, 0.29) is 88.0 Å². The van der Waals surface area contributed by atoms with Crippen LogP contribution in [0.5, 0.6) is 23.0 Å². The number of carbonyl (C=O) groups excluding carboxylic acids is 5. The number of nitro groups is 1. The van der Waals surface area contributed by atoms with Crippen molar-refractivity contribution in [1.29, 1.82) is 5.26 Å². The first-order chi connectivity index (χ1) is 29.4. The molecule has 19 nitrogen and oxygen atoms in total. The minimum absolute atomic E-state index is 0.00172. The maximum atomic E-state index is 13.8. The van der Waals surface area contributed by atoms with Gasteiger partial charge in [0, 0.05) is 17.3 Å². The van der Waals surface area contributed by atoms with Crippen LogP contribution in [-0.4, -0.2) is 79.6 Å². The predicted octanol–water partition coefficient (Wildman–Crippen LogP) is 5.63. The van der Waals surface area contributed by atoms with E-state index in [1.54, 1.807) is 0 Å². The molecule has 314 valence electrons. The Hall–Kier alpha value is -8.53. The minimum Gasteiger partial charge on any atom is -0.491 e. The first-order valence-corrected chi connectivity index (χ1v) is 17.9. The smallest absolute Gasteiger partial charge is 0.342 e. The Morgan fingerprint density at radius 2 is 1.33 bits per heavy atom. The molecule has 1 unspecified atom stereocenters. The average molecular weight is 834 g/mol. The van der Waals surface area contributed by atoms with Crippen molar-refractivity contribution < 1.29 is 52.6 Å². The molecule has 0 aliphatic rings. The lowest BCUT2D eigenvalue weighted by atomic mass is 10.1. The van der Waals surface area contributed by atoms with Gasteiger partial charge in [0.05, 0.1) is 48.6 Å². The van der Waals surface area contributed by atoms with E-state index in [1.165, 1.54) is 81.0 Å². The van der Waals surface area contributed by atoms with Gasteiger partial charge >= 0.3 is 5.97 Å². The highest BCUT2D eigenvalue weighted by Gasteiger charge is 2.27. The van der Waals surface area contributed by atoms with Crippen molar-refractivity contribution in [2.45, 2.75) is 12.5 Å². The van der Waals surface area contributed by atoms with Crippen LogP contribution in [0.1, 0.15) is 48.0 Å². The van der Waals surface area contributed by atoms with Crippen LogP contribution in [0.3, 0.4) is 0 Å². The number of nitrogens with zero attached hydrogens (tertiary/aromatic N) is 3. The highest BCUT2D eigenvalue weighted by Crippen LogP contribution is 2.42. The number of rotatable bonds is 21. The summed E-state index contributed by atoms with van der Waals surface area (Å²) < 4.78 is 27.9. The molecule has 1 aromatic heterocycles. The molecular formula is C42H39N7O12. The molecule has 4 aromatic rings. The summed E-state index contributed by atoms with van der Waals surface area (Å²) in [6.45, 7) is 10.7. The number of methoxy groups -OCH3 is 2. The lowest BCUT2D eigenvalue weighted by Gasteiger charge is -2.20. The first-order valence-electron chi connectivity index (χ1n) is 17.9. The lowest BCUT2D eigenvalue weighted by Crippen LogP contribution is -2.43. The molecule has 0 saturated heterocycles. The Morgan fingerprint density at radius 3 is 1.85 bits per heavy atom. The SMILES string of the molecule is C=CCOC(=O)c1ccc(NC(=O)c2ccc(NC(=O)c3ccc(NC(=O)C(CC#N)NC(=O)c4ccc([N+](=O)[O-])cn4)cc3)c(OC)c2OCC=C)c(OC)c1OCC=C. The fraction of sp³-hybridized carbons (Fsp3) is 0.167. The summed E-state index contributed by atoms with van der Waals surface area (Å²) >= 11 is 0. The van der Waals surface area contributed by atoms with Gasteiger partial charge in [0.1, 0.15) is 43.3 Å². The van der Waals surface area contributed by atoms with Crippen LogP contribution < -0.4 is 40.2 Å². The van der Waals surface area contributed by atoms with Crippen LogP contribution in [0.15, 0.2) is 105 Å². The zero-order chi connectivity index (χ0) is 44.5. The third-order valence-corrected chi connectivity index (χ3v) is 8.14.